The molecule has 8 nitrogen and oxygen atoms in total. The van der Waals surface area contributed by atoms with Gasteiger partial charge in [0.2, 0.25) is 0 Å². The predicted octanol–water partition coefficient (Wildman–Crippen LogP) is 5.26. The number of benzene rings is 2. The summed E-state index contributed by atoms with van der Waals surface area (Å²) >= 11 is 0. The molecule has 4 aromatic rings. The van der Waals surface area contributed by atoms with Gasteiger partial charge in [0.05, 0.1) is 26.1 Å². The number of H-pyrrole nitrogens is 1. The van der Waals surface area contributed by atoms with Crippen LogP contribution in [0.25, 0.3) is 33.1 Å². The summed E-state index contributed by atoms with van der Waals surface area (Å²) in [6.07, 6.45) is -3.29. The van der Waals surface area contributed by atoms with Crippen LogP contribution in [0, 0.1) is 0 Å². The van der Waals surface area contributed by atoms with Gasteiger partial charge in [0.15, 0.2) is 17.1 Å². The second-order valence-electron chi connectivity index (χ2n) is 7.55. The molecule has 0 saturated heterocycles. The molecule has 4 rings (SSSR count). The summed E-state index contributed by atoms with van der Waals surface area (Å²) in [5, 5.41) is 26.9. The van der Waals surface area contributed by atoms with Crippen molar-refractivity contribution in [2.75, 3.05) is 14.2 Å². The summed E-state index contributed by atoms with van der Waals surface area (Å²) in [6, 6.07) is 8.98. The highest BCUT2D eigenvalue weighted by Crippen LogP contribution is 2.46. The zero-order chi connectivity index (χ0) is 25.2. The minimum absolute atomic E-state index is 0.200. The third-order valence-electron chi connectivity index (χ3n) is 5.03. The summed E-state index contributed by atoms with van der Waals surface area (Å²) in [5.74, 6) is -0.949. The number of aliphatic carboxylic acids is 1. The Labute approximate surface area is 192 Å². The minimum atomic E-state index is -5.08. The van der Waals surface area contributed by atoms with E-state index in [1.54, 1.807) is 32.5 Å². The third-order valence-corrected chi connectivity index (χ3v) is 5.03. The molecule has 2 aromatic heterocycles. The Morgan fingerprint density at radius 2 is 1.71 bits per heavy atom. The summed E-state index contributed by atoms with van der Waals surface area (Å²) in [6.45, 7) is 4.26. The standard InChI is InChI=1S/C21H21N3O3.C2HF3O2/c1-11(2)17-18-14(9-16(26-3)20(17)27-4)19(12-5-7-13(25)8-6-12)23-21-15(18)10-22-24-21;3-2(4,5)1(6)7/h5-11,25H,1-4H3,(H,22,23,24);(H,6,7). The molecule has 0 aliphatic carbocycles. The second-order valence-corrected chi connectivity index (χ2v) is 7.55. The van der Waals surface area contributed by atoms with Gasteiger partial charge in [-0.15, -0.1) is 0 Å². The molecule has 0 aliphatic rings. The maximum atomic E-state index is 10.6. The first-order valence-corrected chi connectivity index (χ1v) is 10.0. The van der Waals surface area contributed by atoms with Crippen molar-refractivity contribution in [3.63, 3.8) is 0 Å². The van der Waals surface area contributed by atoms with Crippen LogP contribution >= 0.6 is 0 Å². The molecule has 0 atom stereocenters. The molecule has 0 bridgehead atoms. The number of carboxylic acids is 1. The number of halogens is 3. The van der Waals surface area contributed by atoms with E-state index in [4.69, 9.17) is 24.4 Å². The fourth-order valence-electron chi connectivity index (χ4n) is 3.61. The number of hydrogen-bond acceptors (Lipinski definition) is 6. The van der Waals surface area contributed by atoms with Gasteiger partial charge >= 0.3 is 12.1 Å². The van der Waals surface area contributed by atoms with E-state index < -0.39 is 12.1 Å². The van der Waals surface area contributed by atoms with Gasteiger partial charge in [0.1, 0.15) is 5.75 Å². The van der Waals surface area contributed by atoms with Gasteiger partial charge in [-0.05, 0) is 36.2 Å². The molecule has 2 aromatic carbocycles. The van der Waals surface area contributed by atoms with Crippen molar-refractivity contribution in [3.8, 4) is 28.5 Å². The summed E-state index contributed by atoms with van der Waals surface area (Å²) in [7, 11) is 3.29. The van der Waals surface area contributed by atoms with Crippen molar-refractivity contribution >= 4 is 27.8 Å². The van der Waals surface area contributed by atoms with Gasteiger partial charge in [-0.1, -0.05) is 13.8 Å². The number of aromatic nitrogens is 3. The Bertz CT molecular complexity index is 1330. The summed E-state index contributed by atoms with van der Waals surface area (Å²) in [5.41, 5.74) is 3.46. The van der Waals surface area contributed by atoms with Crippen molar-refractivity contribution in [2.45, 2.75) is 25.9 Å². The topological polar surface area (TPSA) is 118 Å². The number of phenolic OH excluding ortho intramolecular Hbond substituents is 1. The molecule has 34 heavy (non-hydrogen) atoms. The first-order valence-electron chi connectivity index (χ1n) is 10.0. The van der Waals surface area contributed by atoms with E-state index in [9.17, 15) is 18.3 Å². The first kappa shape index (κ1) is 24.6. The highest BCUT2D eigenvalue weighted by Gasteiger charge is 2.38. The van der Waals surface area contributed by atoms with E-state index in [0.717, 1.165) is 38.7 Å². The average molecular weight is 477 g/mol. The van der Waals surface area contributed by atoms with Crippen LogP contribution in [-0.4, -0.2) is 51.8 Å². The Kier molecular flexibility index (Phi) is 6.85. The zero-order valence-corrected chi connectivity index (χ0v) is 18.7. The van der Waals surface area contributed by atoms with Crippen molar-refractivity contribution < 1.29 is 37.7 Å². The predicted molar refractivity (Wildman–Crippen MR) is 119 cm³/mol. The molecule has 0 spiro atoms. The van der Waals surface area contributed by atoms with Crippen LogP contribution in [0.2, 0.25) is 0 Å². The number of nitrogens with one attached hydrogen (secondary N) is 1. The number of aromatic hydroxyl groups is 1. The van der Waals surface area contributed by atoms with Gasteiger partial charge < -0.3 is 19.7 Å². The number of phenols is 1. The van der Waals surface area contributed by atoms with Gasteiger partial charge in [0.25, 0.3) is 0 Å². The zero-order valence-electron chi connectivity index (χ0n) is 18.7. The number of aromatic amines is 1. The average Bonchev–Trinajstić information content (AvgIpc) is 3.26. The fraction of sp³-hybridized carbons (Fsp3) is 0.261. The van der Waals surface area contributed by atoms with Crippen LogP contribution in [0.1, 0.15) is 25.3 Å². The van der Waals surface area contributed by atoms with Crippen LogP contribution in [0.5, 0.6) is 17.2 Å². The van der Waals surface area contributed by atoms with Gasteiger partial charge in [-0.2, -0.15) is 18.3 Å². The van der Waals surface area contributed by atoms with Crippen LogP contribution in [-0.2, 0) is 4.79 Å². The lowest BCUT2D eigenvalue weighted by Gasteiger charge is -2.20. The van der Waals surface area contributed by atoms with Gasteiger partial charge in [-0.25, -0.2) is 9.78 Å². The number of pyridine rings is 1. The molecule has 0 fully saturated rings. The highest BCUT2D eigenvalue weighted by molar-refractivity contribution is 6.13. The molecule has 11 heteroatoms. The minimum Gasteiger partial charge on any atom is -0.508 e. The van der Waals surface area contributed by atoms with Crippen molar-refractivity contribution in [1.29, 1.82) is 0 Å². The van der Waals surface area contributed by atoms with E-state index >= 15 is 0 Å². The number of alkyl halides is 3. The third kappa shape index (κ3) is 4.68. The lowest BCUT2D eigenvalue weighted by atomic mass is 9.91. The van der Waals surface area contributed by atoms with Crippen LogP contribution < -0.4 is 9.47 Å². The maximum Gasteiger partial charge on any atom is 0.490 e. The van der Waals surface area contributed by atoms with E-state index in [-0.39, 0.29) is 11.7 Å². The molecule has 2 heterocycles. The second kappa shape index (κ2) is 9.46. The van der Waals surface area contributed by atoms with E-state index in [2.05, 4.69) is 24.0 Å². The number of rotatable bonds is 4. The Morgan fingerprint density at radius 3 is 2.21 bits per heavy atom. The number of carbonyl (C=O) groups is 1. The molecular weight excluding hydrogens is 455 g/mol. The van der Waals surface area contributed by atoms with Gasteiger partial charge in [0, 0.05) is 27.3 Å². The number of hydrogen-bond donors (Lipinski definition) is 3. The molecule has 0 unspecified atom stereocenters. The molecule has 3 N–H and O–H groups in total. The Hall–Kier alpha value is -4.02. The molecular formula is C23H22F3N3O5. The molecule has 0 radical (unpaired) electrons. The Morgan fingerprint density at radius 1 is 1.09 bits per heavy atom. The molecule has 180 valence electrons. The quantitative estimate of drug-likeness (QED) is 0.367. The normalized spacial score (nSPS) is 11.4. The van der Waals surface area contributed by atoms with Gasteiger partial charge in [-0.3, -0.25) is 5.10 Å². The number of nitrogens with zero attached hydrogens (tertiary/aromatic N) is 2. The molecule has 0 aliphatic heterocycles. The number of fused-ring (bicyclic) bond motifs is 3. The van der Waals surface area contributed by atoms with Crippen molar-refractivity contribution in [1.82, 2.24) is 15.2 Å². The SMILES string of the molecule is COc1cc2c(-c3ccc(O)cc3)nc3[nH]ncc3c2c(C(C)C)c1OC.O=C(O)C(F)(F)F. The Balaban J connectivity index is 0.000000406. The van der Waals surface area contributed by atoms with Crippen molar-refractivity contribution in [2.24, 2.45) is 0 Å². The summed E-state index contributed by atoms with van der Waals surface area (Å²) in [4.78, 5) is 13.7. The maximum absolute atomic E-state index is 10.6. The van der Waals surface area contributed by atoms with Crippen molar-refractivity contribution in [3.05, 3.63) is 42.1 Å². The van der Waals surface area contributed by atoms with Crippen LogP contribution in [0.15, 0.2) is 36.5 Å². The van der Waals surface area contributed by atoms with E-state index in [1.165, 1.54) is 0 Å². The van der Waals surface area contributed by atoms with E-state index in [0.29, 0.717) is 11.4 Å². The highest BCUT2D eigenvalue weighted by atomic mass is 19.4. The first-order chi connectivity index (χ1) is 16.0. The van der Waals surface area contributed by atoms with Crippen LogP contribution in [0.4, 0.5) is 13.2 Å². The smallest absolute Gasteiger partial charge is 0.490 e. The lowest BCUT2D eigenvalue weighted by Crippen LogP contribution is -2.21. The van der Waals surface area contributed by atoms with E-state index in [1.807, 2.05) is 18.2 Å². The largest absolute Gasteiger partial charge is 0.508 e. The van der Waals surface area contributed by atoms with Crippen LogP contribution in [0.3, 0.4) is 0 Å². The molecule has 0 amide bonds. The molecule has 0 saturated carbocycles. The summed E-state index contributed by atoms with van der Waals surface area (Å²) < 4.78 is 43.1. The lowest BCUT2D eigenvalue weighted by molar-refractivity contribution is -0.192. The fourth-order valence-corrected chi connectivity index (χ4v) is 3.61. The number of methoxy groups -OCH3 is 2. The number of carboxylic acid groups (broad SMARTS) is 1. The monoisotopic (exact) mass is 477 g/mol. The number of ether oxygens (including phenoxy) is 2.